The Morgan fingerprint density at radius 1 is 1.56 bits per heavy atom. The molecule has 6 heteroatoms. The zero-order chi connectivity index (χ0) is 13.3. The molecule has 1 heterocycles. The molecule has 3 N–H and O–H groups in total. The van der Waals surface area contributed by atoms with Crippen molar-refractivity contribution in [2.75, 3.05) is 5.32 Å². The van der Waals surface area contributed by atoms with Crippen LogP contribution >= 0.6 is 0 Å². The number of nitrogens with zero attached hydrogens (tertiary/aromatic N) is 1. The molecule has 2 aromatic rings. The fraction of sp³-hybridized carbons (Fsp3) is 0.333. The quantitative estimate of drug-likeness (QED) is 0.842. The van der Waals surface area contributed by atoms with E-state index < -0.39 is 5.76 Å². The number of carbonyl (C=O) groups is 1. The molecule has 1 aromatic heterocycles. The minimum atomic E-state index is -0.427. The van der Waals surface area contributed by atoms with E-state index in [0.717, 1.165) is 0 Å². The molecule has 1 unspecified atom stereocenters. The molecule has 1 atom stereocenters. The summed E-state index contributed by atoms with van der Waals surface area (Å²) in [6, 6.07) is 4.84. The second kappa shape index (κ2) is 4.66. The smallest absolute Gasteiger partial charge is 0.408 e. The number of aryl methyl sites for hydroxylation is 1. The molecule has 1 amide bonds. The van der Waals surface area contributed by atoms with Crippen LogP contribution < -0.4 is 16.8 Å². The Labute approximate surface area is 103 Å². The fourth-order valence-corrected chi connectivity index (χ4v) is 1.71. The lowest BCUT2D eigenvalue weighted by Gasteiger charge is -2.07. The van der Waals surface area contributed by atoms with Gasteiger partial charge in [-0.25, -0.2) is 4.79 Å². The van der Waals surface area contributed by atoms with E-state index in [1.165, 1.54) is 4.57 Å². The van der Waals surface area contributed by atoms with Gasteiger partial charge in [0.25, 0.3) is 0 Å². The molecule has 1 aromatic carbocycles. The maximum atomic E-state index is 11.6. The van der Waals surface area contributed by atoms with Crippen LogP contribution in [0.4, 0.5) is 5.69 Å². The Kier molecular flexibility index (Phi) is 3.20. The Balaban J connectivity index is 2.27. The molecular formula is C12H15N3O3. The summed E-state index contributed by atoms with van der Waals surface area (Å²) in [4.78, 5) is 22.9. The number of benzene rings is 1. The summed E-state index contributed by atoms with van der Waals surface area (Å²) in [6.07, 6.45) is 0.252. The monoisotopic (exact) mass is 249 g/mol. The molecule has 0 spiro atoms. The van der Waals surface area contributed by atoms with Crippen molar-refractivity contribution in [3.8, 4) is 0 Å². The molecular weight excluding hydrogens is 234 g/mol. The number of carbonyl (C=O) groups excluding carboxylic acids is 1. The summed E-state index contributed by atoms with van der Waals surface area (Å²) >= 11 is 0. The molecule has 18 heavy (non-hydrogen) atoms. The van der Waals surface area contributed by atoms with Crippen LogP contribution in [0.1, 0.15) is 13.3 Å². The van der Waals surface area contributed by atoms with Gasteiger partial charge < -0.3 is 15.5 Å². The molecule has 0 aliphatic heterocycles. The molecule has 0 bridgehead atoms. The number of amides is 1. The van der Waals surface area contributed by atoms with Crippen molar-refractivity contribution in [2.24, 2.45) is 12.8 Å². The highest BCUT2D eigenvalue weighted by Crippen LogP contribution is 2.17. The highest BCUT2D eigenvalue weighted by atomic mass is 16.4. The van der Waals surface area contributed by atoms with Gasteiger partial charge in [0, 0.05) is 25.2 Å². The third-order valence-electron chi connectivity index (χ3n) is 2.58. The number of nitrogens with two attached hydrogens (primary N) is 1. The number of hydrogen-bond donors (Lipinski definition) is 2. The first kappa shape index (κ1) is 12.4. The van der Waals surface area contributed by atoms with Crippen LogP contribution in [0.2, 0.25) is 0 Å². The molecule has 0 aliphatic rings. The summed E-state index contributed by atoms with van der Waals surface area (Å²) < 4.78 is 6.38. The summed E-state index contributed by atoms with van der Waals surface area (Å²) in [6.45, 7) is 1.77. The van der Waals surface area contributed by atoms with E-state index in [9.17, 15) is 9.59 Å². The van der Waals surface area contributed by atoms with Crippen molar-refractivity contribution in [3.05, 3.63) is 28.7 Å². The van der Waals surface area contributed by atoms with Crippen LogP contribution in [0.25, 0.3) is 11.1 Å². The Morgan fingerprint density at radius 2 is 2.28 bits per heavy atom. The molecule has 96 valence electrons. The van der Waals surface area contributed by atoms with Crippen molar-refractivity contribution in [3.63, 3.8) is 0 Å². The predicted octanol–water partition coefficient (Wildman–Crippen LogP) is 0.807. The Morgan fingerprint density at radius 3 is 2.94 bits per heavy atom. The molecule has 2 rings (SSSR count). The predicted molar refractivity (Wildman–Crippen MR) is 68.4 cm³/mol. The normalized spacial score (nSPS) is 12.6. The van der Waals surface area contributed by atoms with Gasteiger partial charge in [0.05, 0.1) is 5.52 Å². The lowest BCUT2D eigenvalue weighted by Crippen LogP contribution is -2.23. The number of aromatic nitrogens is 1. The minimum absolute atomic E-state index is 0.155. The van der Waals surface area contributed by atoms with Gasteiger partial charge in [0.1, 0.15) is 0 Å². The van der Waals surface area contributed by atoms with Gasteiger partial charge in [-0.2, -0.15) is 0 Å². The molecule has 0 aliphatic carbocycles. The fourth-order valence-electron chi connectivity index (χ4n) is 1.71. The zero-order valence-corrected chi connectivity index (χ0v) is 10.3. The number of anilines is 1. The van der Waals surface area contributed by atoms with Gasteiger partial charge in [-0.1, -0.05) is 0 Å². The Hall–Kier alpha value is -2.08. The maximum Gasteiger partial charge on any atom is 0.419 e. The third kappa shape index (κ3) is 2.43. The van der Waals surface area contributed by atoms with Crippen LogP contribution in [-0.2, 0) is 11.8 Å². The summed E-state index contributed by atoms with van der Waals surface area (Å²) in [5.74, 6) is -0.582. The summed E-state index contributed by atoms with van der Waals surface area (Å²) in [5.41, 5.74) is 7.29. The van der Waals surface area contributed by atoms with Crippen molar-refractivity contribution >= 4 is 22.7 Å². The van der Waals surface area contributed by atoms with E-state index in [0.29, 0.717) is 16.8 Å². The second-order valence-corrected chi connectivity index (χ2v) is 4.34. The van der Waals surface area contributed by atoms with Crippen LogP contribution in [-0.4, -0.2) is 16.5 Å². The third-order valence-corrected chi connectivity index (χ3v) is 2.58. The van der Waals surface area contributed by atoms with Gasteiger partial charge in [-0.15, -0.1) is 0 Å². The van der Waals surface area contributed by atoms with Crippen LogP contribution in [0.3, 0.4) is 0 Å². The lowest BCUT2D eigenvalue weighted by molar-refractivity contribution is -0.116. The molecule has 0 radical (unpaired) electrons. The number of oxazole rings is 1. The number of fused-ring (bicyclic) bond motifs is 1. The van der Waals surface area contributed by atoms with Crippen LogP contribution in [0, 0.1) is 0 Å². The summed E-state index contributed by atoms with van der Waals surface area (Å²) in [7, 11) is 1.61. The maximum absolute atomic E-state index is 11.6. The van der Waals surface area contributed by atoms with Crippen LogP contribution in [0.15, 0.2) is 27.4 Å². The van der Waals surface area contributed by atoms with E-state index >= 15 is 0 Å². The van der Waals surface area contributed by atoms with E-state index in [1.54, 1.807) is 32.2 Å². The van der Waals surface area contributed by atoms with Gasteiger partial charge in [0.2, 0.25) is 5.91 Å². The molecule has 6 nitrogen and oxygen atoms in total. The average molecular weight is 249 g/mol. The summed E-state index contributed by atoms with van der Waals surface area (Å²) in [5, 5.41) is 2.73. The molecule has 0 fully saturated rings. The van der Waals surface area contributed by atoms with Gasteiger partial charge in [-0.05, 0) is 25.1 Å². The van der Waals surface area contributed by atoms with E-state index in [1.807, 2.05) is 0 Å². The molecule has 0 saturated carbocycles. The first-order chi connectivity index (χ1) is 8.47. The standard InChI is InChI=1S/C12H15N3O3/c1-7(13)5-11(16)14-8-3-4-10-9(6-8)15(2)12(17)18-10/h3-4,6-7H,5,13H2,1-2H3,(H,14,16). The van der Waals surface area contributed by atoms with Gasteiger partial charge >= 0.3 is 5.76 Å². The van der Waals surface area contributed by atoms with Crippen molar-refractivity contribution in [1.29, 1.82) is 0 Å². The zero-order valence-electron chi connectivity index (χ0n) is 10.3. The largest absolute Gasteiger partial charge is 0.419 e. The SMILES string of the molecule is CC(N)CC(=O)Nc1ccc2oc(=O)n(C)c2c1. The minimum Gasteiger partial charge on any atom is -0.408 e. The van der Waals surface area contributed by atoms with Crippen LogP contribution in [0.5, 0.6) is 0 Å². The van der Waals surface area contributed by atoms with E-state index in [-0.39, 0.29) is 18.4 Å². The van der Waals surface area contributed by atoms with Gasteiger partial charge in [0.15, 0.2) is 5.58 Å². The van der Waals surface area contributed by atoms with E-state index in [4.69, 9.17) is 10.2 Å². The van der Waals surface area contributed by atoms with E-state index in [2.05, 4.69) is 5.32 Å². The van der Waals surface area contributed by atoms with Crippen molar-refractivity contribution < 1.29 is 9.21 Å². The average Bonchev–Trinajstić information content (AvgIpc) is 2.54. The number of hydrogen-bond acceptors (Lipinski definition) is 4. The van der Waals surface area contributed by atoms with Crippen molar-refractivity contribution in [1.82, 2.24) is 4.57 Å². The van der Waals surface area contributed by atoms with Gasteiger partial charge in [-0.3, -0.25) is 9.36 Å². The molecule has 0 saturated heterocycles. The number of nitrogens with one attached hydrogen (secondary N) is 1. The first-order valence-corrected chi connectivity index (χ1v) is 5.62. The highest BCUT2D eigenvalue weighted by molar-refractivity contribution is 5.93. The first-order valence-electron chi connectivity index (χ1n) is 5.62. The van der Waals surface area contributed by atoms with Crippen molar-refractivity contribution in [2.45, 2.75) is 19.4 Å². The Bertz CT molecular complexity index is 640. The second-order valence-electron chi connectivity index (χ2n) is 4.34. The number of rotatable bonds is 3. The lowest BCUT2D eigenvalue weighted by atomic mass is 10.2. The topological polar surface area (TPSA) is 90.3 Å². The highest BCUT2D eigenvalue weighted by Gasteiger charge is 2.09.